The van der Waals surface area contributed by atoms with Gasteiger partial charge in [0, 0.05) is 0 Å². The Morgan fingerprint density at radius 1 is 1.67 bits per heavy atom. The zero-order valence-electron chi connectivity index (χ0n) is 7.03. The van der Waals surface area contributed by atoms with Gasteiger partial charge in [0.15, 0.2) is 0 Å². The molecule has 12 heavy (non-hydrogen) atoms. The molecule has 0 aromatic rings. The number of rotatable bonds is 2. The molecule has 3 nitrogen and oxygen atoms in total. The maximum atomic E-state index is 10.9. The molecule has 0 heterocycles. The number of nitrogens with two attached hydrogens (primary N) is 1. The van der Waals surface area contributed by atoms with Gasteiger partial charge in [0.1, 0.15) is 0 Å². The van der Waals surface area contributed by atoms with Gasteiger partial charge in [0.2, 0.25) is 10.0 Å². The van der Waals surface area contributed by atoms with Gasteiger partial charge in [-0.05, 0) is 24.8 Å². The highest BCUT2D eigenvalue weighted by Crippen LogP contribution is 2.21. The van der Waals surface area contributed by atoms with Gasteiger partial charge in [-0.3, -0.25) is 0 Å². The first kappa shape index (κ1) is 9.48. The first-order valence-corrected chi connectivity index (χ1v) is 5.50. The Morgan fingerprint density at radius 3 is 2.83 bits per heavy atom. The summed E-state index contributed by atoms with van der Waals surface area (Å²) in [5, 5.41) is 4.98. The maximum Gasteiger partial charge on any atom is 0.237 e. The minimum Gasteiger partial charge on any atom is -0.225 e. The first-order chi connectivity index (χ1) is 5.54. The van der Waals surface area contributed by atoms with Crippen molar-refractivity contribution in [3.05, 3.63) is 23.1 Å². The smallest absolute Gasteiger partial charge is 0.225 e. The second-order valence-corrected chi connectivity index (χ2v) is 4.48. The average molecular weight is 187 g/mol. The van der Waals surface area contributed by atoms with Crippen molar-refractivity contribution in [2.24, 2.45) is 11.1 Å². The number of hydrogen-bond donors (Lipinski definition) is 1. The number of allylic oxidation sites excluding steroid dienone is 3. The Bertz CT molecular complexity index is 314. The van der Waals surface area contributed by atoms with Crippen LogP contribution in [-0.2, 0) is 10.0 Å². The van der Waals surface area contributed by atoms with E-state index in [9.17, 15) is 8.42 Å². The zero-order valence-corrected chi connectivity index (χ0v) is 7.84. The molecule has 4 heteroatoms. The largest absolute Gasteiger partial charge is 0.237 e. The molecule has 0 amide bonds. The van der Waals surface area contributed by atoms with Crippen molar-refractivity contribution in [3.63, 3.8) is 0 Å². The van der Waals surface area contributed by atoms with Crippen LogP contribution < -0.4 is 5.14 Å². The summed E-state index contributed by atoms with van der Waals surface area (Å²) in [4.78, 5) is 0.251. The van der Waals surface area contributed by atoms with Gasteiger partial charge in [-0.15, -0.1) is 0 Å². The number of sulfonamides is 1. The summed E-state index contributed by atoms with van der Waals surface area (Å²) < 4.78 is 21.8. The Hall–Kier alpha value is -0.610. The van der Waals surface area contributed by atoms with Crippen LogP contribution in [0.4, 0.5) is 0 Å². The molecule has 0 saturated carbocycles. The van der Waals surface area contributed by atoms with Crippen LogP contribution in [0.25, 0.3) is 0 Å². The van der Waals surface area contributed by atoms with Gasteiger partial charge < -0.3 is 0 Å². The standard InChI is InChI=1S/C8H13NO2S/c1-2-7-4-3-5-8(6-7)12(9,10)11/h3,5-7H,2,4H2,1H3,(H2,9,10,11). The number of primary sulfonamides is 1. The van der Waals surface area contributed by atoms with E-state index in [1.54, 1.807) is 12.2 Å². The van der Waals surface area contributed by atoms with Gasteiger partial charge >= 0.3 is 0 Å². The molecule has 0 bridgehead atoms. The molecular weight excluding hydrogens is 174 g/mol. The predicted molar refractivity (Wildman–Crippen MR) is 48.7 cm³/mol. The van der Waals surface area contributed by atoms with Crippen molar-refractivity contribution in [3.8, 4) is 0 Å². The van der Waals surface area contributed by atoms with E-state index in [2.05, 4.69) is 0 Å². The molecule has 0 fully saturated rings. The highest BCUT2D eigenvalue weighted by atomic mass is 32.2. The van der Waals surface area contributed by atoms with Gasteiger partial charge in [-0.2, -0.15) is 0 Å². The minimum atomic E-state index is -3.49. The summed E-state index contributed by atoms with van der Waals surface area (Å²) in [6, 6.07) is 0. The summed E-state index contributed by atoms with van der Waals surface area (Å²) in [5.74, 6) is 0.323. The Balaban J connectivity index is 2.92. The monoisotopic (exact) mass is 187 g/mol. The second-order valence-electron chi connectivity index (χ2n) is 2.92. The molecule has 1 unspecified atom stereocenters. The average Bonchev–Trinajstić information content (AvgIpc) is 2.03. The van der Waals surface area contributed by atoms with Gasteiger partial charge in [0.05, 0.1) is 4.91 Å². The lowest BCUT2D eigenvalue weighted by molar-refractivity contribution is 0.599. The van der Waals surface area contributed by atoms with Crippen LogP contribution in [0, 0.1) is 5.92 Å². The van der Waals surface area contributed by atoms with Gasteiger partial charge in [-0.1, -0.05) is 19.1 Å². The van der Waals surface area contributed by atoms with Crippen LogP contribution in [0.1, 0.15) is 19.8 Å². The molecule has 68 valence electrons. The van der Waals surface area contributed by atoms with Gasteiger partial charge in [0.25, 0.3) is 0 Å². The predicted octanol–water partition coefficient (Wildman–Crippen LogP) is 1.14. The van der Waals surface area contributed by atoms with E-state index in [4.69, 9.17) is 5.14 Å². The third-order valence-electron chi connectivity index (χ3n) is 1.97. The van der Waals surface area contributed by atoms with Crippen molar-refractivity contribution in [2.45, 2.75) is 19.8 Å². The fourth-order valence-corrected chi connectivity index (χ4v) is 1.86. The van der Waals surface area contributed by atoms with E-state index in [0.717, 1.165) is 12.8 Å². The fourth-order valence-electron chi connectivity index (χ4n) is 1.19. The molecule has 1 atom stereocenters. The molecular formula is C8H13NO2S. The Kier molecular flexibility index (Phi) is 2.69. The molecule has 0 aliphatic heterocycles. The van der Waals surface area contributed by atoms with Crippen molar-refractivity contribution >= 4 is 10.0 Å². The summed E-state index contributed by atoms with van der Waals surface area (Å²) in [7, 11) is -3.49. The summed E-state index contributed by atoms with van der Waals surface area (Å²) in [6.45, 7) is 2.03. The van der Waals surface area contributed by atoms with Crippen LogP contribution in [0.15, 0.2) is 23.1 Å². The molecule has 0 aromatic carbocycles. The quantitative estimate of drug-likeness (QED) is 0.704. The van der Waals surface area contributed by atoms with E-state index >= 15 is 0 Å². The summed E-state index contributed by atoms with van der Waals surface area (Å²) in [6.07, 6.45) is 7.02. The van der Waals surface area contributed by atoms with Crippen LogP contribution >= 0.6 is 0 Å². The Labute approximate surface area is 73.0 Å². The van der Waals surface area contributed by atoms with E-state index in [0.29, 0.717) is 5.92 Å². The summed E-state index contributed by atoms with van der Waals surface area (Å²) >= 11 is 0. The zero-order chi connectivity index (χ0) is 9.19. The van der Waals surface area contributed by atoms with E-state index in [1.807, 2.05) is 13.0 Å². The third kappa shape index (κ3) is 2.19. The third-order valence-corrected chi connectivity index (χ3v) is 2.90. The molecule has 1 rings (SSSR count). The Morgan fingerprint density at radius 2 is 2.33 bits per heavy atom. The second kappa shape index (κ2) is 3.41. The maximum absolute atomic E-state index is 10.9. The lowest BCUT2D eigenvalue weighted by Crippen LogP contribution is -2.16. The lowest BCUT2D eigenvalue weighted by Gasteiger charge is -2.12. The van der Waals surface area contributed by atoms with Gasteiger partial charge in [-0.25, -0.2) is 13.6 Å². The first-order valence-electron chi connectivity index (χ1n) is 3.95. The fraction of sp³-hybridized carbons (Fsp3) is 0.500. The molecule has 1 aliphatic carbocycles. The number of hydrogen-bond acceptors (Lipinski definition) is 2. The molecule has 0 aromatic heterocycles. The van der Waals surface area contributed by atoms with Crippen LogP contribution in [-0.4, -0.2) is 8.42 Å². The van der Waals surface area contributed by atoms with E-state index in [-0.39, 0.29) is 4.91 Å². The van der Waals surface area contributed by atoms with Crippen molar-refractivity contribution in [1.29, 1.82) is 0 Å². The van der Waals surface area contributed by atoms with Crippen molar-refractivity contribution < 1.29 is 8.42 Å². The van der Waals surface area contributed by atoms with Crippen LogP contribution in [0.2, 0.25) is 0 Å². The lowest BCUT2D eigenvalue weighted by atomic mass is 9.98. The highest BCUT2D eigenvalue weighted by molar-refractivity contribution is 7.93. The molecule has 0 spiro atoms. The normalized spacial score (nSPS) is 23.8. The topological polar surface area (TPSA) is 60.2 Å². The van der Waals surface area contributed by atoms with Crippen LogP contribution in [0.3, 0.4) is 0 Å². The molecule has 0 saturated heterocycles. The van der Waals surface area contributed by atoms with Crippen molar-refractivity contribution in [1.82, 2.24) is 0 Å². The molecule has 0 radical (unpaired) electrons. The molecule has 2 N–H and O–H groups in total. The summed E-state index contributed by atoms with van der Waals surface area (Å²) in [5.41, 5.74) is 0. The minimum absolute atomic E-state index is 0.251. The molecule has 1 aliphatic rings. The van der Waals surface area contributed by atoms with Crippen molar-refractivity contribution in [2.75, 3.05) is 0 Å². The van der Waals surface area contributed by atoms with E-state index in [1.165, 1.54) is 0 Å². The van der Waals surface area contributed by atoms with E-state index < -0.39 is 10.0 Å². The van der Waals surface area contributed by atoms with Crippen LogP contribution in [0.5, 0.6) is 0 Å². The highest BCUT2D eigenvalue weighted by Gasteiger charge is 2.14. The SMILES string of the molecule is CCC1C=C(S(N)(=O)=O)C=CC1.